The molecule has 1 aromatic carbocycles. The molecule has 1 heterocycles. The normalized spacial score (nSPS) is 18.3. The number of halogens is 1. The second kappa shape index (κ2) is 5.83. The van der Waals surface area contributed by atoms with E-state index in [1.165, 1.54) is 4.90 Å². The van der Waals surface area contributed by atoms with Gasteiger partial charge in [-0.3, -0.25) is 14.9 Å². The van der Waals surface area contributed by atoms with Gasteiger partial charge in [0.25, 0.3) is 5.91 Å². The van der Waals surface area contributed by atoms with Crippen LogP contribution in [0.2, 0.25) is 0 Å². The summed E-state index contributed by atoms with van der Waals surface area (Å²) in [5.74, 6) is -2.91. The average molecular weight is 298 g/mol. The van der Waals surface area contributed by atoms with E-state index in [2.05, 4.69) is 0 Å². The summed E-state index contributed by atoms with van der Waals surface area (Å²) < 4.78 is 18.5. The monoisotopic (exact) mass is 298 g/mol. The van der Waals surface area contributed by atoms with Crippen LogP contribution in [0.15, 0.2) is 18.2 Å². The molecule has 21 heavy (non-hydrogen) atoms. The van der Waals surface area contributed by atoms with Crippen LogP contribution in [0.5, 0.6) is 0 Å². The van der Waals surface area contributed by atoms with Crippen LogP contribution in [0.25, 0.3) is 0 Å². The molecule has 0 bridgehead atoms. The van der Waals surface area contributed by atoms with Gasteiger partial charge >= 0.3 is 11.7 Å². The summed E-state index contributed by atoms with van der Waals surface area (Å²) in [5.41, 5.74) is -0.805. The Morgan fingerprint density at radius 3 is 2.76 bits per heavy atom. The highest BCUT2D eigenvalue weighted by molar-refractivity contribution is 5.95. The van der Waals surface area contributed by atoms with Crippen molar-refractivity contribution in [3.8, 4) is 0 Å². The van der Waals surface area contributed by atoms with Crippen molar-refractivity contribution < 1.29 is 28.7 Å². The molecule has 1 atom stereocenters. The van der Waals surface area contributed by atoms with E-state index in [0.717, 1.165) is 18.2 Å². The van der Waals surface area contributed by atoms with Crippen molar-refractivity contribution in [2.24, 2.45) is 0 Å². The molecule has 1 unspecified atom stereocenters. The second-order valence-electron chi connectivity index (χ2n) is 4.37. The summed E-state index contributed by atoms with van der Waals surface area (Å²) in [7, 11) is 0. The van der Waals surface area contributed by atoms with Gasteiger partial charge in [0.05, 0.1) is 18.1 Å². The van der Waals surface area contributed by atoms with E-state index in [0.29, 0.717) is 0 Å². The van der Waals surface area contributed by atoms with Gasteiger partial charge in [-0.15, -0.1) is 0 Å². The molecule has 1 amide bonds. The molecule has 2 rings (SSSR count). The van der Waals surface area contributed by atoms with Crippen molar-refractivity contribution in [3.63, 3.8) is 0 Å². The van der Waals surface area contributed by atoms with Gasteiger partial charge in [-0.2, -0.15) is 4.39 Å². The molecule has 1 saturated heterocycles. The van der Waals surface area contributed by atoms with Crippen LogP contribution in [0.3, 0.4) is 0 Å². The summed E-state index contributed by atoms with van der Waals surface area (Å²) in [5, 5.41) is 19.4. The number of rotatable bonds is 3. The molecule has 112 valence electrons. The molecular weight excluding hydrogens is 287 g/mol. The van der Waals surface area contributed by atoms with Gasteiger partial charge in [0, 0.05) is 18.2 Å². The number of carboxylic acid groups (broad SMARTS) is 1. The van der Waals surface area contributed by atoms with E-state index in [-0.39, 0.29) is 25.3 Å². The number of carboxylic acids is 1. The Hall–Kier alpha value is -2.55. The summed E-state index contributed by atoms with van der Waals surface area (Å²) in [6.45, 7) is 0.0617. The van der Waals surface area contributed by atoms with Gasteiger partial charge in [-0.1, -0.05) is 0 Å². The van der Waals surface area contributed by atoms with Gasteiger partial charge in [0.2, 0.25) is 5.82 Å². The molecule has 1 N–H and O–H groups in total. The molecule has 1 aromatic rings. The van der Waals surface area contributed by atoms with Crippen molar-refractivity contribution in [2.75, 3.05) is 19.7 Å². The fourth-order valence-electron chi connectivity index (χ4n) is 1.95. The molecule has 8 nitrogen and oxygen atoms in total. The first kappa shape index (κ1) is 14.9. The first-order valence-electron chi connectivity index (χ1n) is 5.97. The Morgan fingerprint density at radius 1 is 1.48 bits per heavy atom. The molecule has 1 aliphatic rings. The summed E-state index contributed by atoms with van der Waals surface area (Å²) in [6.07, 6.45) is -1.13. The number of nitro benzene ring substituents is 1. The van der Waals surface area contributed by atoms with E-state index < -0.39 is 34.4 Å². The lowest BCUT2D eigenvalue weighted by molar-refractivity contribution is -0.387. The molecular formula is C12H11FN2O6. The SMILES string of the molecule is O=C(O)C1CN(C(=O)c2ccc([N+](=O)[O-])c(F)c2)CCO1. The largest absolute Gasteiger partial charge is 0.479 e. The standard InChI is InChI=1S/C12H11FN2O6/c13-8-5-7(1-2-9(8)15(19)20)11(16)14-3-4-21-10(6-14)12(17)18/h1-2,5,10H,3-4,6H2,(H,17,18). The maximum Gasteiger partial charge on any atom is 0.334 e. The average Bonchev–Trinajstić information content (AvgIpc) is 2.46. The van der Waals surface area contributed by atoms with Crippen molar-refractivity contribution in [1.82, 2.24) is 4.90 Å². The topological polar surface area (TPSA) is 110 Å². The Labute approximate surface area is 117 Å². The van der Waals surface area contributed by atoms with Crippen LogP contribution in [0.4, 0.5) is 10.1 Å². The quantitative estimate of drug-likeness (QED) is 0.648. The minimum Gasteiger partial charge on any atom is -0.479 e. The zero-order valence-corrected chi connectivity index (χ0v) is 10.7. The highest BCUT2D eigenvalue weighted by Crippen LogP contribution is 2.19. The van der Waals surface area contributed by atoms with E-state index >= 15 is 0 Å². The van der Waals surface area contributed by atoms with Crippen LogP contribution in [-0.2, 0) is 9.53 Å². The fraction of sp³-hybridized carbons (Fsp3) is 0.333. The van der Waals surface area contributed by atoms with Crippen LogP contribution >= 0.6 is 0 Å². The number of carbonyl (C=O) groups is 2. The minimum atomic E-state index is -1.19. The number of carbonyl (C=O) groups excluding carboxylic acids is 1. The zero-order valence-electron chi connectivity index (χ0n) is 10.7. The number of nitrogens with zero attached hydrogens (tertiary/aromatic N) is 2. The lowest BCUT2D eigenvalue weighted by atomic mass is 10.1. The first-order chi connectivity index (χ1) is 9.90. The van der Waals surface area contributed by atoms with Crippen molar-refractivity contribution in [2.45, 2.75) is 6.10 Å². The van der Waals surface area contributed by atoms with Crippen molar-refractivity contribution in [1.29, 1.82) is 0 Å². The van der Waals surface area contributed by atoms with Gasteiger partial charge in [0.1, 0.15) is 0 Å². The van der Waals surface area contributed by atoms with Crippen LogP contribution in [-0.4, -0.2) is 52.6 Å². The van der Waals surface area contributed by atoms with Crippen LogP contribution in [0, 0.1) is 15.9 Å². The molecule has 1 aliphatic heterocycles. The number of benzene rings is 1. The number of ether oxygens (including phenoxy) is 1. The second-order valence-corrected chi connectivity index (χ2v) is 4.37. The molecule has 0 aliphatic carbocycles. The Morgan fingerprint density at radius 2 is 2.19 bits per heavy atom. The molecule has 0 saturated carbocycles. The highest BCUT2D eigenvalue weighted by atomic mass is 19.1. The van der Waals surface area contributed by atoms with E-state index in [1.807, 2.05) is 0 Å². The van der Waals surface area contributed by atoms with Gasteiger partial charge in [0.15, 0.2) is 6.10 Å². The predicted octanol–water partition coefficient (Wildman–Crippen LogP) is 0.659. The molecule has 0 radical (unpaired) electrons. The molecule has 1 fully saturated rings. The number of amides is 1. The van der Waals surface area contributed by atoms with Gasteiger partial charge in [-0.05, 0) is 12.1 Å². The maximum atomic E-state index is 13.5. The van der Waals surface area contributed by atoms with E-state index in [9.17, 15) is 24.1 Å². The highest BCUT2D eigenvalue weighted by Gasteiger charge is 2.30. The lowest BCUT2D eigenvalue weighted by Crippen LogP contribution is -2.48. The third-order valence-electron chi connectivity index (χ3n) is 3.02. The third-order valence-corrected chi connectivity index (χ3v) is 3.02. The van der Waals surface area contributed by atoms with Gasteiger partial charge in [-0.25, -0.2) is 4.79 Å². The number of hydrogen-bond acceptors (Lipinski definition) is 5. The maximum absolute atomic E-state index is 13.5. The molecule has 0 spiro atoms. The number of nitro groups is 1. The third kappa shape index (κ3) is 3.14. The lowest BCUT2D eigenvalue weighted by Gasteiger charge is -2.30. The summed E-state index contributed by atoms with van der Waals surface area (Å²) >= 11 is 0. The number of aliphatic carboxylic acids is 1. The fourth-order valence-corrected chi connectivity index (χ4v) is 1.95. The van der Waals surface area contributed by atoms with E-state index in [1.54, 1.807) is 0 Å². The first-order valence-corrected chi connectivity index (χ1v) is 5.97. The molecule has 0 aromatic heterocycles. The Balaban J connectivity index is 2.18. The minimum absolute atomic E-state index is 0.0537. The van der Waals surface area contributed by atoms with Crippen molar-refractivity contribution >= 4 is 17.6 Å². The smallest absolute Gasteiger partial charge is 0.334 e. The summed E-state index contributed by atoms with van der Waals surface area (Å²) in [6, 6.07) is 2.80. The summed E-state index contributed by atoms with van der Waals surface area (Å²) in [4.78, 5) is 33.8. The van der Waals surface area contributed by atoms with Crippen LogP contribution in [0.1, 0.15) is 10.4 Å². The Kier molecular flexibility index (Phi) is 4.13. The zero-order chi connectivity index (χ0) is 15.6. The molecule has 9 heteroatoms. The number of morpholine rings is 1. The van der Waals surface area contributed by atoms with Crippen LogP contribution < -0.4 is 0 Å². The van der Waals surface area contributed by atoms with Gasteiger partial charge < -0.3 is 14.7 Å². The van der Waals surface area contributed by atoms with E-state index in [4.69, 9.17) is 9.84 Å². The Bertz CT molecular complexity index is 605. The number of hydrogen-bond donors (Lipinski definition) is 1. The van der Waals surface area contributed by atoms with Crippen molar-refractivity contribution in [3.05, 3.63) is 39.7 Å². The predicted molar refractivity (Wildman–Crippen MR) is 66.3 cm³/mol.